The number of ether oxygens (including phenoxy) is 2. The molecule has 3 aromatic rings. The summed E-state index contributed by atoms with van der Waals surface area (Å²) in [6.45, 7) is 3.19. The third kappa shape index (κ3) is 2.83. The van der Waals surface area contributed by atoms with E-state index < -0.39 is 0 Å². The molecule has 0 saturated carbocycles. The number of nitrogens with zero attached hydrogens (tertiary/aromatic N) is 5. The van der Waals surface area contributed by atoms with Crippen LogP contribution in [0.1, 0.15) is 16.8 Å². The molecule has 0 spiro atoms. The number of carbonyl (C=O) groups is 1. The zero-order valence-corrected chi connectivity index (χ0v) is 14.7. The van der Waals surface area contributed by atoms with Gasteiger partial charge in [-0.1, -0.05) is 0 Å². The van der Waals surface area contributed by atoms with Crippen LogP contribution >= 0.6 is 0 Å². The zero-order valence-electron chi connectivity index (χ0n) is 14.7. The standard InChI is InChI=1S/C19H19N5O3/c25-19(14-2-3-15-16(12-14)27-13-26-15)23-9-1-8-22(10-11-23)18-5-6-20-17-4-7-21-24(17)18/h2-7,12H,1,8-11,13H2. The van der Waals surface area contributed by atoms with Crippen LogP contribution in [0.4, 0.5) is 5.82 Å². The predicted molar refractivity (Wildman–Crippen MR) is 98.3 cm³/mol. The second-order valence-corrected chi connectivity index (χ2v) is 6.61. The molecule has 8 nitrogen and oxygen atoms in total. The Balaban J connectivity index is 1.34. The van der Waals surface area contributed by atoms with Crippen LogP contribution in [0.15, 0.2) is 42.7 Å². The molecular formula is C19H19N5O3. The maximum absolute atomic E-state index is 13.0. The Labute approximate surface area is 155 Å². The molecule has 1 amide bonds. The van der Waals surface area contributed by atoms with Crippen LogP contribution in [0.25, 0.3) is 5.65 Å². The number of fused-ring (bicyclic) bond motifs is 2. The number of benzene rings is 1. The van der Waals surface area contributed by atoms with Crippen molar-refractivity contribution in [3.63, 3.8) is 0 Å². The van der Waals surface area contributed by atoms with Crippen LogP contribution in [-0.4, -0.2) is 58.4 Å². The second kappa shape index (κ2) is 6.46. The van der Waals surface area contributed by atoms with Gasteiger partial charge in [0.05, 0.1) is 6.20 Å². The molecule has 27 heavy (non-hydrogen) atoms. The molecule has 4 heterocycles. The minimum atomic E-state index is 0.0223. The highest BCUT2D eigenvalue weighted by Gasteiger charge is 2.23. The Morgan fingerprint density at radius 1 is 0.963 bits per heavy atom. The van der Waals surface area contributed by atoms with E-state index in [0.717, 1.165) is 37.5 Å². The van der Waals surface area contributed by atoms with Crippen LogP contribution in [0.5, 0.6) is 11.5 Å². The first-order valence-electron chi connectivity index (χ1n) is 9.02. The highest BCUT2D eigenvalue weighted by atomic mass is 16.7. The molecule has 1 saturated heterocycles. The zero-order chi connectivity index (χ0) is 18.2. The molecule has 2 aliphatic heterocycles. The van der Waals surface area contributed by atoms with Gasteiger partial charge in [0.15, 0.2) is 17.1 Å². The number of aromatic nitrogens is 3. The van der Waals surface area contributed by atoms with Gasteiger partial charge in [-0.3, -0.25) is 4.79 Å². The number of rotatable bonds is 2. The summed E-state index contributed by atoms with van der Waals surface area (Å²) in [5.41, 5.74) is 1.45. The Bertz CT molecular complexity index is 1000. The fraction of sp³-hybridized carbons (Fsp3) is 0.316. The average Bonchev–Trinajstić information content (AvgIpc) is 3.30. The summed E-state index contributed by atoms with van der Waals surface area (Å²) < 4.78 is 12.6. The minimum absolute atomic E-state index is 0.0223. The van der Waals surface area contributed by atoms with Crippen molar-refractivity contribution in [3.05, 3.63) is 48.3 Å². The van der Waals surface area contributed by atoms with Crippen molar-refractivity contribution in [3.8, 4) is 11.5 Å². The first-order valence-corrected chi connectivity index (χ1v) is 9.02. The molecule has 0 unspecified atom stereocenters. The highest BCUT2D eigenvalue weighted by molar-refractivity contribution is 5.95. The van der Waals surface area contributed by atoms with Gasteiger partial charge in [0.1, 0.15) is 5.82 Å². The third-order valence-electron chi connectivity index (χ3n) is 5.00. The maximum atomic E-state index is 13.0. The number of carbonyl (C=O) groups excluding carboxylic acids is 1. The lowest BCUT2D eigenvalue weighted by atomic mass is 10.1. The predicted octanol–water partition coefficient (Wildman–Crippen LogP) is 1.81. The van der Waals surface area contributed by atoms with Gasteiger partial charge < -0.3 is 19.3 Å². The summed E-state index contributed by atoms with van der Waals surface area (Å²) in [6, 6.07) is 9.22. The normalized spacial score (nSPS) is 16.6. The van der Waals surface area contributed by atoms with Crippen LogP contribution in [-0.2, 0) is 0 Å². The Hall–Kier alpha value is -3.29. The van der Waals surface area contributed by atoms with Gasteiger partial charge >= 0.3 is 0 Å². The van der Waals surface area contributed by atoms with E-state index in [1.807, 2.05) is 21.5 Å². The van der Waals surface area contributed by atoms with Gasteiger partial charge in [0, 0.05) is 44.0 Å². The van der Waals surface area contributed by atoms with E-state index in [9.17, 15) is 4.79 Å². The largest absolute Gasteiger partial charge is 0.454 e. The molecule has 0 aliphatic carbocycles. The number of amides is 1. The van der Waals surface area contributed by atoms with Crippen molar-refractivity contribution in [1.29, 1.82) is 0 Å². The molecule has 0 N–H and O–H groups in total. The lowest BCUT2D eigenvalue weighted by Gasteiger charge is -2.24. The van der Waals surface area contributed by atoms with Gasteiger partial charge in [0.25, 0.3) is 5.91 Å². The summed E-state index contributed by atoms with van der Waals surface area (Å²) in [5, 5.41) is 4.37. The van der Waals surface area contributed by atoms with Gasteiger partial charge in [-0.05, 0) is 30.7 Å². The topological polar surface area (TPSA) is 72.2 Å². The summed E-state index contributed by atoms with van der Waals surface area (Å²) >= 11 is 0. The number of anilines is 1. The van der Waals surface area contributed by atoms with E-state index in [4.69, 9.17) is 9.47 Å². The van der Waals surface area contributed by atoms with Crippen LogP contribution in [0.2, 0.25) is 0 Å². The van der Waals surface area contributed by atoms with Crippen molar-refractivity contribution in [1.82, 2.24) is 19.5 Å². The van der Waals surface area contributed by atoms with Crippen molar-refractivity contribution in [2.75, 3.05) is 37.9 Å². The Morgan fingerprint density at radius 2 is 1.89 bits per heavy atom. The summed E-state index contributed by atoms with van der Waals surface area (Å²) in [6.07, 6.45) is 4.44. The minimum Gasteiger partial charge on any atom is -0.454 e. The molecule has 0 radical (unpaired) electrons. The fourth-order valence-electron chi connectivity index (χ4n) is 3.62. The van der Waals surface area contributed by atoms with Gasteiger partial charge in [-0.15, -0.1) is 0 Å². The van der Waals surface area contributed by atoms with Crippen molar-refractivity contribution < 1.29 is 14.3 Å². The molecule has 2 aliphatic rings. The molecule has 5 rings (SSSR count). The van der Waals surface area contributed by atoms with E-state index in [1.54, 1.807) is 30.6 Å². The number of hydrogen-bond acceptors (Lipinski definition) is 6. The SMILES string of the molecule is O=C(c1ccc2c(c1)OCO2)N1CCCN(c2ccnc3ccnn23)CC1. The fourth-order valence-corrected chi connectivity index (χ4v) is 3.62. The second-order valence-electron chi connectivity index (χ2n) is 6.61. The van der Waals surface area contributed by atoms with Crippen LogP contribution in [0.3, 0.4) is 0 Å². The highest BCUT2D eigenvalue weighted by Crippen LogP contribution is 2.33. The molecule has 1 aromatic carbocycles. The smallest absolute Gasteiger partial charge is 0.254 e. The molecule has 8 heteroatoms. The molecule has 0 atom stereocenters. The van der Waals surface area contributed by atoms with Crippen molar-refractivity contribution in [2.24, 2.45) is 0 Å². The van der Waals surface area contributed by atoms with E-state index in [-0.39, 0.29) is 12.7 Å². The van der Waals surface area contributed by atoms with Gasteiger partial charge in [-0.2, -0.15) is 9.61 Å². The Morgan fingerprint density at radius 3 is 2.85 bits per heavy atom. The van der Waals surface area contributed by atoms with Crippen molar-refractivity contribution >= 4 is 17.4 Å². The molecule has 0 bridgehead atoms. The van der Waals surface area contributed by atoms with E-state index in [1.165, 1.54) is 0 Å². The molecule has 2 aromatic heterocycles. The first kappa shape index (κ1) is 15.9. The quantitative estimate of drug-likeness (QED) is 0.690. The monoisotopic (exact) mass is 365 g/mol. The molecule has 1 fully saturated rings. The summed E-state index contributed by atoms with van der Waals surface area (Å²) in [4.78, 5) is 21.4. The average molecular weight is 365 g/mol. The third-order valence-corrected chi connectivity index (χ3v) is 5.00. The lowest BCUT2D eigenvalue weighted by Crippen LogP contribution is -2.35. The first-order chi connectivity index (χ1) is 13.3. The van der Waals surface area contributed by atoms with Crippen LogP contribution < -0.4 is 14.4 Å². The number of hydrogen-bond donors (Lipinski definition) is 0. The van der Waals surface area contributed by atoms with E-state index >= 15 is 0 Å². The van der Waals surface area contributed by atoms with Crippen molar-refractivity contribution in [2.45, 2.75) is 6.42 Å². The molecular weight excluding hydrogens is 346 g/mol. The van der Waals surface area contributed by atoms with Gasteiger partial charge in [0.2, 0.25) is 6.79 Å². The van der Waals surface area contributed by atoms with Gasteiger partial charge in [-0.25, -0.2) is 4.98 Å². The lowest BCUT2D eigenvalue weighted by molar-refractivity contribution is 0.0766. The Kier molecular flexibility index (Phi) is 3.81. The van der Waals surface area contributed by atoms with Crippen LogP contribution in [0, 0.1) is 0 Å². The molecule has 138 valence electrons. The summed E-state index contributed by atoms with van der Waals surface area (Å²) in [5.74, 6) is 2.35. The summed E-state index contributed by atoms with van der Waals surface area (Å²) in [7, 11) is 0. The maximum Gasteiger partial charge on any atom is 0.254 e. The van der Waals surface area contributed by atoms with E-state index in [0.29, 0.717) is 23.6 Å². The van der Waals surface area contributed by atoms with E-state index in [2.05, 4.69) is 15.0 Å².